The molecule has 0 aliphatic rings. The highest BCUT2D eigenvalue weighted by atomic mass is 35.5. The van der Waals surface area contributed by atoms with Crippen molar-refractivity contribution in [3.63, 3.8) is 0 Å². The molecule has 0 aliphatic carbocycles. The Labute approximate surface area is 123 Å². The molecule has 0 radical (unpaired) electrons. The van der Waals surface area contributed by atoms with Gasteiger partial charge in [0, 0.05) is 22.9 Å². The van der Waals surface area contributed by atoms with E-state index in [0.29, 0.717) is 17.3 Å². The first-order valence-electron chi connectivity index (χ1n) is 6.27. The molecule has 0 aliphatic heterocycles. The van der Waals surface area contributed by atoms with Crippen molar-refractivity contribution in [2.75, 3.05) is 0 Å². The van der Waals surface area contributed by atoms with E-state index in [1.807, 2.05) is 41.0 Å². The molecule has 0 bridgehead atoms. The van der Waals surface area contributed by atoms with Crippen molar-refractivity contribution >= 4 is 24.2 Å². The van der Waals surface area contributed by atoms with Gasteiger partial charge < -0.3 is 4.57 Å². The number of hydrogen-bond acceptors (Lipinski definition) is 2. The van der Waals surface area contributed by atoms with Gasteiger partial charge in [-0.3, -0.25) is 4.79 Å². The van der Waals surface area contributed by atoms with Crippen LogP contribution in [0.2, 0.25) is 5.02 Å². The second-order valence-electron chi connectivity index (χ2n) is 4.37. The molecule has 0 spiro atoms. The van der Waals surface area contributed by atoms with Crippen LogP contribution in [-0.4, -0.2) is 4.57 Å². The van der Waals surface area contributed by atoms with Gasteiger partial charge in [-0.2, -0.15) is 12.6 Å². The summed E-state index contributed by atoms with van der Waals surface area (Å²) in [5, 5.41) is 0.695. The van der Waals surface area contributed by atoms with Crippen LogP contribution in [0.25, 0.3) is 11.3 Å². The molecule has 1 heterocycles. The maximum Gasteiger partial charge on any atom is 0.255 e. The lowest BCUT2D eigenvalue weighted by atomic mass is 10.1. The van der Waals surface area contributed by atoms with Gasteiger partial charge in [0.15, 0.2) is 0 Å². The minimum absolute atomic E-state index is 0.0456. The second-order valence-corrected chi connectivity index (χ2v) is 5.12. The van der Waals surface area contributed by atoms with Crippen molar-refractivity contribution in [1.29, 1.82) is 0 Å². The van der Waals surface area contributed by atoms with Gasteiger partial charge in [-0.25, -0.2) is 0 Å². The maximum atomic E-state index is 12.3. The van der Waals surface area contributed by atoms with Crippen molar-refractivity contribution in [3.8, 4) is 11.3 Å². The van der Waals surface area contributed by atoms with E-state index in [9.17, 15) is 4.79 Å². The number of aromatic nitrogens is 1. The van der Waals surface area contributed by atoms with Crippen LogP contribution in [0.3, 0.4) is 0 Å². The van der Waals surface area contributed by atoms with Gasteiger partial charge in [-0.15, -0.1) is 0 Å². The molecule has 100 valence electrons. The molecule has 0 atom stereocenters. The van der Waals surface area contributed by atoms with Crippen molar-refractivity contribution < 1.29 is 0 Å². The molecule has 0 saturated heterocycles. The SMILES string of the molecule is CCCn1c(-c2ccc(Cl)cc2)ccc(CS)c1=O. The van der Waals surface area contributed by atoms with Gasteiger partial charge >= 0.3 is 0 Å². The largest absolute Gasteiger partial charge is 0.308 e. The molecule has 0 fully saturated rings. The lowest BCUT2D eigenvalue weighted by molar-refractivity contribution is 0.657. The number of halogens is 1. The third kappa shape index (κ3) is 3.04. The highest BCUT2D eigenvalue weighted by Gasteiger charge is 2.09. The minimum atomic E-state index is 0.0456. The molecular formula is C15H16ClNOS. The molecule has 0 saturated carbocycles. The average molecular weight is 294 g/mol. The summed E-state index contributed by atoms with van der Waals surface area (Å²) in [5.41, 5.74) is 2.70. The van der Waals surface area contributed by atoms with E-state index in [1.165, 1.54) is 0 Å². The van der Waals surface area contributed by atoms with Crippen molar-refractivity contribution in [1.82, 2.24) is 4.57 Å². The summed E-state index contributed by atoms with van der Waals surface area (Å²) in [6, 6.07) is 11.4. The van der Waals surface area contributed by atoms with E-state index in [1.54, 1.807) is 0 Å². The monoisotopic (exact) mass is 293 g/mol. The quantitative estimate of drug-likeness (QED) is 0.845. The normalized spacial score (nSPS) is 10.7. The van der Waals surface area contributed by atoms with Crippen LogP contribution >= 0.6 is 24.2 Å². The fraction of sp³-hybridized carbons (Fsp3) is 0.267. The van der Waals surface area contributed by atoms with Gasteiger partial charge in [0.05, 0.1) is 5.69 Å². The number of benzene rings is 1. The average Bonchev–Trinajstić information content (AvgIpc) is 2.42. The Morgan fingerprint density at radius 2 is 1.84 bits per heavy atom. The third-order valence-electron chi connectivity index (χ3n) is 3.01. The number of rotatable bonds is 4. The fourth-order valence-corrected chi connectivity index (χ4v) is 2.43. The highest BCUT2D eigenvalue weighted by Crippen LogP contribution is 2.21. The van der Waals surface area contributed by atoms with Gasteiger partial charge in [0.25, 0.3) is 5.56 Å². The summed E-state index contributed by atoms with van der Waals surface area (Å²) in [6.07, 6.45) is 0.913. The zero-order chi connectivity index (χ0) is 13.8. The number of nitrogens with zero attached hydrogens (tertiary/aromatic N) is 1. The zero-order valence-electron chi connectivity index (χ0n) is 10.8. The topological polar surface area (TPSA) is 22.0 Å². The maximum absolute atomic E-state index is 12.3. The lowest BCUT2D eigenvalue weighted by Crippen LogP contribution is -2.24. The minimum Gasteiger partial charge on any atom is -0.308 e. The first-order chi connectivity index (χ1) is 9.17. The Kier molecular flexibility index (Phi) is 4.72. The summed E-state index contributed by atoms with van der Waals surface area (Å²) in [5.74, 6) is 0.462. The first-order valence-corrected chi connectivity index (χ1v) is 7.28. The molecule has 0 amide bonds. The summed E-state index contributed by atoms with van der Waals surface area (Å²) < 4.78 is 1.81. The predicted octanol–water partition coefficient (Wildman–Crippen LogP) is 4.01. The van der Waals surface area contributed by atoms with Crippen molar-refractivity contribution in [2.24, 2.45) is 0 Å². The standard InChI is InChI=1S/C15H16ClNOS/c1-2-9-17-14(8-5-12(10-19)15(17)18)11-3-6-13(16)7-4-11/h3-8,19H,2,9-10H2,1H3. The van der Waals surface area contributed by atoms with E-state index in [0.717, 1.165) is 23.2 Å². The summed E-state index contributed by atoms with van der Waals surface area (Å²) >= 11 is 10.1. The first kappa shape index (κ1) is 14.2. The lowest BCUT2D eigenvalue weighted by Gasteiger charge is -2.13. The number of hydrogen-bond donors (Lipinski definition) is 1. The van der Waals surface area contributed by atoms with Gasteiger partial charge in [-0.1, -0.05) is 36.7 Å². The summed E-state index contributed by atoms with van der Waals surface area (Å²) in [4.78, 5) is 12.3. The Balaban J connectivity index is 2.59. The Morgan fingerprint density at radius 3 is 2.42 bits per heavy atom. The highest BCUT2D eigenvalue weighted by molar-refractivity contribution is 7.79. The Hall–Kier alpha value is -1.19. The van der Waals surface area contributed by atoms with Gasteiger partial charge in [-0.05, 0) is 30.2 Å². The fourth-order valence-electron chi connectivity index (χ4n) is 2.06. The molecular weight excluding hydrogens is 278 g/mol. The van der Waals surface area contributed by atoms with Crippen LogP contribution in [0.15, 0.2) is 41.2 Å². The molecule has 4 heteroatoms. The smallest absolute Gasteiger partial charge is 0.255 e. The van der Waals surface area contributed by atoms with Gasteiger partial charge in [0.1, 0.15) is 0 Å². The molecule has 1 aromatic heterocycles. The van der Waals surface area contributed by atoms with E-state index in [4.69, 9.17) is 11.6 Å². The van der Waals surface area contributed by atoms with Crippen LogP contribution in [0.4, 0.5) is 0 Å². The second kappa shape index (κ2) is 6.31. The Morgan fingerprint density at radius 1 is 1.16 bits per heavy atom. The van der Waals surface area contributed by atoms with E-state index in [2.05, 4.69) is 19.6 Å². The molecule has 2 nitrogen and oxygen atoms in total. The number of pyridine rings is 1. The summed E-state index contributed by atoms with van der Waals surface area (Å²) in [7, 11) is 0. The van der Waals surface area contributed by atoms with Crippen LogP contribution in [0.1, 0.15) is 18.9 Å². The molecule has 2 rings (SSSR count). The van der Waals surface area contributed by atoms with E-state index < -0.39 is 0 Å². The Bertz CT molecular complexity index is 619. The van der Waals surface area contributed by atoms with E-state index in [-0.39, 0.29) is 5.56 Å². The molecule has 19 heavy (non-hydrogen) atoms. The van der Waals surface area contributed by atoms with Crippen molar-refractivity contribution in [3.05, 3.63) is 57.3 Å². The van der Waals surface area contributed by atoms with Gasteiger partial charge in [0.2, 0.25) is 0 Å². The van der Waals surface area contributed by atoms with Crippen LogP contribution < -0.4 is 5.56 Å². The predicted molar refractivity (Wildman–Crippen MR) is 84.1 cm³/mol. The zero-order valence-corrected chi connectivity index (χ0v) is 12.4. The van der Waals surface area contributed by atoms with Crippen molar-refractivity contribution in [2.45, 2.75) is 25.6 Å². The number of thiol groups is 1. The third-order valence-corrected chi connectivity index (χ3v) is 3.60. The molecule has 1 aromatic carbocycles. The van der Waals surface area contributed by atoms with Crippen LogP contribution in [0, 0.1) is 0 Å². The summed E-state index contributed by atoms with van der Waals surface area (Å²) in [6.45, 7) is 2.77. The van der Waals surface area contributed by atoms with Crippen LogP contribution in [0.5, 0.6) is 0 Å². The molecule has 0 N–H and O–H groups in total. The molecule has 0 unspecified atom stereocenters. The van der Waals surface area contributed by atoms with E-state index >= 15 is 0 Å². The molecule has 2 aromatic rings. The van der Waals surface area contributed by atoms with Crippen LogP contribution in [-0.2, 0) is 12.3 Å².